The summed E-state index contributed by atoms with van der Waals surface area (Å²) in [5.41, 5.74) is 1.69. The van der Waals surface area contributed by atoms with Crippen molar-refractivity contribution < 1.29 is 8.78 Å². The number of nitriles is 1. The zero-order valence-corrected chi connectivity index (χ0v) is 10.5. The lowest BCUT2D eigenvalue weighted by molar-refractivity contribution is 0.507. The SMILES string of the molecule is N#Cc1ccc(NCc2ccc(F)c(F)c2)c(Cl)c1. The topological polar surface area (TPSA) is 35.8 Å². The minimum atomic E-state index is -0.884. The summed E-state index contributed by atoms with van der Waals surface area (Å²) < 4.78 is 25.8. The van der Waals surface area contributed by atoms with Crippen LogP contribution in [0.1, 0.15) is 11.1 Å². The van der Waals surface area contributed by atoms with Crippen LogP contribution < -0.4 is 5.32 Å². The third kappa shape index (κ3) is 3.21. The minimum Gasteiger partial charge on any atom is -0.380 e. The van der Waals surface area contributed by atoms with Gasteiger partial charge in [0.25, 0.3) is 0 Å². The van der Waals surface area contributed by atoms with E-state index < -0.39 is 11.6 Å². The number of nitrogens with one attached hydrogen (secondary N) is 1. The zero-order chi connectivity index (χ0) is 13.8. The molecule has 0 saturated carbocycles. The predicted octanol–water partition coefficient (Wildman–Crippen LogP) is 4.10. The summed E-state index contributed by atoms with van der Waals surface area (Å²) >= 11 is 5.98. The van der Waals surface area contributed by atoms with Crippen LogP contribution in [0.4, 0.5) is 14.5 Å². The highest BCUT2D eigenvalue weighted by atomic mass is 35.5. The van der Waals surface area contributed by atoms with E-state index in [0.717, 1.165) is 12.1 Å². The molecule has 19 heavy (non-hydrogen) atoms. The molecule has 5 heteroatoms. The van der Waals surface area contributed by atoms with E-state index in [-0.39, 0.29) is 0 Å². The van der Waals surface area contributed by atoms with Crippen LogP contribution >= 0.6 is 11.6 Å². The lowest BCUT2D eigenvalue weighted by atomic mass is 10.2. The highest BCUT2D eigenvalue weighted by Crippen LogP contribution is 2.23. The van der Waals surface area contributed by atoms with Gasteiger partial charge in [0.1, 0.15) is 0 Å². The maximum absolute atomic E-state index is 13.0. The van der Waals surface area contributed by atoms with E-state index in [9.17, 15) is 8.78 Å². The average molecular weight is 279 g/mol. The van der Waals surface area contributed by atoms with E-state index in [0.29, 0.717) is 28.4 Å². The van der Waals surface area contributed by atoms with Crippen molar-refractivity contribution in [3.8, 4) is 6.07 Å². The van der Waals surface area contributed by atoms with Gasteiger partial charge in [0.15, 0.2) is 11.6 Å². The second-order valence-electron chi connectivity index (χ2n) is 3.91. The van der Waals surface area contributed by atoms with Gasteiger partial charge in [-0.15, -0.1) is 0 Å². The summed E-state index contributed by atoms with van der Waals surface area (Å²) in [7, 11) is 0. The van der Waals surface area contributed by atoms with Gasteiger partial charge in [0.05, 0.1) is 22.3 Å². The molecule has 0 aliphatic heterocycles. The quantitative estimate of drug-likeness (QED) is 0.917. The number of hydrogen-bond acceptors (Lipinski definition) is 2. The molecule has 2 aromatic rings. The fraction of sp³-hybridized carbons (Fsp3) is 0.0714. The first-order chi connectivity index (χ1) is 9.10. The van der Waals surface area contributed by atoms with Crippen LogP contribution in [0.3, 0.4) is 0 Å². The second-order valence-corrected chi connectivity index (χ2v) is 4.32. The average Bonchev–Trinajstić information content (AvgIpc) is 2.41. The van der Waals surface area contributed by atoms with Crippen LogP contribution in [-0.2, 0) is 6.54 Å². The molecule has 0 atom stereocenters. The Morgan fingerprint density at radius 2 is 1.89 bits per heavy atom. The molecule has 0 spiro atoms. The largest absolute Gasteiger partial charge is 0.380 e. The molecule has 2 rings (SSSR count). The van der Waals surface area contributed by atoms with Crippen molar-refractivity contribution in [2.75, 3.05) is 5.32 Å². The lowest BCUT2D eigenvalue weighted by Gasteiger charge is -2.09. The first-order valence-corrected chi connectivity index (χ1v) is 5.85. The molecule has 1 N–H and O–H groups in total. The van der Waals surface area contributed by atoms with Gasteiger partial charge in [-0.3, -0.25) is 0 Å². The molecule has 0 fully saturated rings. The molecular formula is C14H9ClF2N2. The van der Waals surface area contributed by atoms with Gasteiger partial charge in [-0.25, -0.2) is 8.78 Å². The summed E-state index contributed by atoms with van der Waals surface area (Å²) in [5.74, 6) is -1.76. The van der Waals surface area contributed by atoms with Crippen molar-refractivity contribution in [3.05, 3.63) is 64.2 Å². The summed E-state index contributed by atoms with van der Waals surface area (Å²) in [6, 6.07) is 10.5. The highest BCUT2D eigenvalue weighted by Gasteiger charge is 2.04. The van der Waals surface area contributed by atoms with Gasteiger partial charge in [-0.1, -0.05) is 17.7 Å². The molecule has 0 radical (unpaired) electrons. The standard InChI is InChI=1S/C14H9ClF2N2/c15-11-5-9(7-18)2-4-14(11)19-8-10-1-3-12(16)13(17)6-10/h1-6,19H,8H2. The van der Waals surface area contributed by atoms with Crippen molar-refractivity contribution >= 4 is 17.3 Å². The minimum absolute atomic E-state index is 0.308. The van der Waals surface area contributed by atoms with Crippen molar-refractivity contribution in [2.45, 2.75) is 6.54 Å². The summed E-state index contributed by atoms with van der Waals surface area (Å²) in [6.45, 7) is 0.308. The van der Waals surface area contributed by atoms with E-state index >= 15 is 0 Å². The second kappa shape index (κ2) is 5.68. The number of rotatable bonds is 3. The molecule has 0 aliphatic rings. The Hall–Kier alpha value is -2.12. The van der Waals surface area contributed by atoms with Gasteiger partial charge in [-0.2, -0.15) is 5.26 Å². The molecule has 0 bridgehead atoms. The molecule has 0 amide bonds. The summed E-state index contributed by atoms with van der Waals surface area (Å²) in [5, 5.41) is 12.1. The zero-order valence-electron chi connectivity index (χ0n) is 9.75. The van der Waals surface area contributed by atoms with Crippen molar-refractivity contribution in [1.82, 2.24) is 0 Å². The van der Waals surface area contributed by atoms with E-state index in [1.807, 2.05) is 6.07 Å². The Bertz CT molecular complexity index is 650. The lowest BCUT2D eigenvalue weighted by Crippen LogP contribution is -2.01. The van der Waals surface area contributed by atoms with Crippen LogP contribution in [0.15, 0.2) is 36.4 Å². The van der Waals surface area contributed by atoms with Crippen molar-refractivity contribution in [1.29, 1.82) is 5.26 Å². The Labute approximate surface area is 114 Å². The van der Waals surface area contributed by atoms with Gasteiger partial charge in [-0.05, 0) is 35.9 Å². The van der Waals surface area contributed by atoms with Crippen LogP contribution in [0.2, 0.25) is 5.02 Å². The smallest absolute Gasteiger partial charge is 0.159 e. The van der Waals surface area contributed by atoms with Gasteiger partial charge in [0, 0.05) is 6.54 Å². The molecular weight excluding hydrogens is 270 g/mol. The molecule has 2 nitrogen and oxygen atoms in total. The molecule has 0 saturated heterocycles. The number of hydrogen-bond donors (Lipinski definition) is 1. The number of anilines is 1. The normalized spacial score (nSPS) is 10.0. The Balaban J connectivity index is 2.10. The monoisotopic (exact) mass is 278 g/mol. The molecule has 96 valence electrons. The number of benzene rings is 2. The molecule has 0 unspecified atom stereocenters. The first kappa shape index (κ1) is 13.3. The van der Waals surface area contributed by atoms with Gasteiger partial charge < -0.3 is 5.32 Å². The van der Waals surface area contributed by atoms with Gasteiger partial charge in [0.2, 0.25) is 0 Å². The number of nitrogens with zero attached hydrogens (tertiary/aromatic N) is 1. The Kier molecular flexibility index (Phi) is 3.98. The fourth-order valence-electron chi connectivity index (χ4n) is 1.57. The third-order valence-electron chi connectivity index (χ3n) is 2.57. The van der Waals surface area contributed by atoms with Gasteiger partial charge >= 0.3 is 0 Å². The maximum atomic E-state index is 13.0. The van der Waals surface area contributed by atoms with Crippen LogP contribution in [0.25, 0.3) is 0 Å². The van der Waals surface area contributed by atoms with Crippen LogP contribution in [0.5, 0.6) is 0 Å². The Morgan fingerprint density at radius 1 is 1.11 bits per heavy atom. The van der Waals surface area contributed by atoms with E-state index in [2.05, 4.69) is 5.32 Å². The third-order valence-corrected chi connectivity index (χ3v) is 2.88. The summed E-state index contributed by atoms with van der Waals surface area (Å²) in [6.07, 6.45) is 0. The van der Waals surface area contributed by atoms with E-state index in [1.54, 1.807) is 12.1 Å². The van der Waals surface area contributed by atoms with Crippen LogP contribution in [0, 0.1) is 23.0 Å². The highest BCUT2D eigenvalue weighted by molar-refractivity contribution is 6.33. The summed E-state index contributed by atoms with van der Waals surface area (Å²) in [4.78, 5) is 0. The predicted molar refractivity (Wildman–Crippen MR) is 69.9 cm³/mol. The maximum Gasteiger partial charge on any atom is 0.159 e. The molecule has 0 heterocycles. The number of halogens is 3. The first-order valence-electron chi connectivity index (χ1n) is 5.47. The van der Waals surface area contributed by atoms with E-state index in [4.69, 9.17) is 16.9 Å². The fourth-order valence-corrected chi connectivity index (χ4v) is 1.82. The molecule has 0 aliphatic carbocycles. The molecule has 0 aromatic heterocycles. The van der Waals surface area contributed by atoms with Crippen LogP contribution in [-0.4, -0.2) is 0 Å². The van der Waals surface area contributed by atoms with Crippen molar-refractivity contribution in [3.63, 3.8) is 0 Å². The van der Waals surface area contributed by atoms with Crippen molar-refractivity contribution in [2.24, 2.45) is 0 Å². The van der Waals surface area contributed by atoms with E-state index in [1.165, 1.54) is 12.1 Å². The molecule has 2 aromatic carbocycles. The Morgan fingerprint density at radius 3 is 2.53 bits per heavy atom.